The van der Waals surface area contributed by atoms with Crippen LogP contribution in [0.4, 0.5) is 10.1 Å². The number of benzene rings is 2. The highest BCUT2D eigenvalue weighted by atomic mass is 19.1. The second kappa shape index (κ2) is 8.94. The lowest BCUT2D eigenvalue weighted by atomic mass is 10.2. The van der Waals surface area contributed by atoms with Crippen molar-refractivity contribution >= 4 is 11.6 Å². The standard InChI is InChI=1S/C22H23FN4O3/c1-29-19-7-3-6-18(15-19)26-10-12-27(13-11-26)21(28)9-8-20-24-22(25-30-20)16-4-2-5-17(23)14-16/h2-7,14-15H,8-13H2,1H3. The van der Waals surface area contributed by atoms with Crippen LogP contribution in [0.25, 0.3) is 11.4 Å². The largest absolute Gasteiger partial charge is 0.497 e. The van der Waals surface area contributed by atoms with Gasteiger partial charge in [0.15, 0.2) is 0 Å². The third kappa shape index (κ3) is 4.59. The lowest BCUT2D eigenvalue weighted by Crippen LogP contribution is -2.48. The Labute approximate surface area is 174 Å². The smallest absolute Gasteiger partial charge is 0.227 e. The maximum absolute atomic E-state index is 13.3. The van der Waals surface area contributed by atoms with Crippen LogP contribution < -0.4 is 9.64 Å². The Hall–Kier alpha value is -3.42. The summed E-state index contributed by atoms with van der Waals surface area (Å²) in [5, 5.41) is 3.88. The molecule has 1 aliphatic rings. The van der Waals surface area contributed by atoms with Crippen molar-refractivity contribution in [3.63, 3.8) is 0 Å². The molecule has 3 aromatic rings. The van der Waals surface area contributed by atoms with Gasteiger partial charge in [0.1, 0.15) is 11.6 Å². The summed E-state index contributed by atoms with van der Waals surface area (Å²) in [4.78, 5) is 21.0. The summed E-state index contributed by atoms with van der Waals surface area (Å²) < 4.78 is 23.9. The first-order valence-electron chi connectivity index (χ1n) is 9.87. The van der Waals surface area contributed by atoms with Crippen LogP contribution in [0.2, 0.25) is 0 Å². The molecule has 0 spiro atoms. The van der Waals surface area contributed by atoms with Crippen molar-refractivity contribution in [2.45, 2.75) is 12.8 Å². The fourth-order valence-corrected chi connectivity index (χ4v) is 3.49. The van der Waals surface area contributed by atoms with E-state index in [-0.39, 0.29) is 11.7 Å². The van der Waals surface area contributed by atoms with Gasteiger partial charge >= 0.3 is 0 Å². The molecule has 30 heavy (non-hydrogen) atoms. The normalized spacial score (nSPS) is 14.1. The van der Waals surface area contributed by atoms with Crippen LogP contribution in [-0.4, -0.2) is 54.2 Å². The highest BCUT2D eigenvalue weighted by molar-refractivity contribution is 5.76. The first kappa shape index (κ1) is 19.9. The van der Waals surface area contributed by atoms with Gasteiger partial charge in [0.05, 0.1) is 7.11 Å². The number of carbonyl (C=O) groups is 1. The highest BCUT2D eigenvalue weighted by Gasteiger charge is 2.22. The van der Waals surface area contributed by atoms with E-state index in [1.165, 1.54) is 12.1 Å². The van der Waals surface area contributed by atoms with Crippen molar-refractivity contribution in [1.82, 2.24) is 15.0 Å². The molecule has 0 atom stereocenters. The Kier molecular flexibility index (Phi) is 5.92. The summed E-state index contributed by atoms with van der Waals surface area (Å²) in [6.07, 6.45) is 0.654. The minimum absolute atomic E-state index is 0.0609. The molecule has 2 aromatic carbocycles. The third-order valence-electron chi connectivity index (χ3n) is 5.15. The third-order valence-corrected chi connectivity index (χ3v) is 5.15. The lowest BCUT2D eigenvalue weighted by molar-refractivity contribution is -0.131. The van der Waals surface area contributed by atoms with E-state index >= 15 is 0 Å². The number of halogens is 1. The average molecular weight is 410 g/mol. The van der Waals surface area contributed by atoms with E-state index in [0.717, 1.165) is 24.5 Å². The molecule has 0 unspecified atom stereocenters. The summed E-state index contributed by atoms with van der Waals surface area (Å²) in [6.45, 7) is 2.86. The van der Waals surface area contributed by atoms with E-state index in [2.05, 4.69) is 15.0 Å². The van der Waals surface area contributed by atoms with Crippen LogP contribution in [0, 0.1) is 5.82 Å². The molecule has 1 aliphatic heterocycles. The Morgan fingerprint density at radius 1 is 1.13 bits per heavy atom. The molecule has 156 valence electrons. The first-order chi connectivity index (χ1) is 14.6. The Morgan fingerprint density at radius 2 is 1.93 bits per heavy atom. The van der Waals surface area contributed by atoms with Gasteiger partial charge in [0, 0.05) is 56.3 Å². The number of carbonyl (C=O) groups excluding carboxylic acids is 1. The number of piperazine rings is 1. The fraction of sp³-hybridized carbons (Fsp3) is 0.318. The van der Waals surface area contributed by atoms with E-state index in [4.69, 9.17) is 9.26 Å². The zero-order valence-electron chi connectivity index (χ0n) is 16.8. The SMILES string of the molecule is COc1cccc(N2CCN(C(=O)CCc3nc(-c4cccc(F)c4)no3)CC2)c1. The number of nitrogens with zero attached hydrogens (tertiary/aromatic N) is 4. The number of aryl methyl sites for hydroxylation is 1. The molecule has 0 aliphatic carbocycles. The van der Waals surface area contributed by atoms with Crippen molar-refractivity contribution in [3.8, 4) is 17.1 Å². The maximum atomic E-state index is 13.3. The van der Waals surface area contributed by atoms with Gasteiger partial charge in [-0.05, 0) is 24.3 Å². The zero-order valence-corrected chi connectivity index (χ0v) is 16.8. The van der Waals surface area contributed by atoms with Gasteiger partial charge in [-0.25, -0.2) is 4.39 Å². The summed E-state index contributed by atoms with van der Waals surface area (Å²) >= 11 is 0. The van der Waals surface area contributed by atoms with Crippen molar-refractivity contribution in [1.29, 1.82) is 0 Å². The van der Waals surface area contributed by atoms with E-state index in [0.29, 0.717) is 43.2 Å². The molecule has 8 heteroatoms. The first-order valence-corrected chi connectivity index (χ1v) is 9.87. The second-order valence-electron chi connectivity index (χ2n) is 7.09. The Balaban J connectivity index is 1.28. The average Bonchev–Trinajstić information content (AvgIpc) is 3.27. The maximum Gasteiger partial charge on any atom is 0.227 e. The molecule has 2 heterocycles. The van der Waals surface area contributed by atoms with E-state index in [1.54, 1.807) is 19.2 Å². The number of methoxy groups -OCH3 is 1. The van der Waals surface area contributed by atoms with Crippen LogP contribution in [0.3, 0.4) is 0 Å². The van der Waals surface area contributed by atoms with Gasteiger partial charge in [-0.1, -0.05) is 23.4 Å². The summed E-state index contributed by atoms with van der Waals surface area (Å²) in [5.41, 5.74) is 1.64. The number of hydrogen-bond donors (Lipinski definition) is 0. The van der Waals surface area contributed by atoms with E-state index < -0.39 is 0 Å². The molecule has 1 fully saturated rings. The zero-order chi connectivity index (χ0) is 20.9. The van der Waals surface area contributed by atoms with Crippen molar-refractivity contribution in [2.24, 2.45) is 0 Å². The molecule has 0 radical (unpaired) electrons. The van der Waals surface area contributed by atoms with Gasteiger partial charge in [-0.3, -0.25) is 4.79 Å². The molecule has 1 amide bonds. The second-order valence-corrected chi connectivity index (χ2v) is 7.09. The molecule has 0 N–H and O–H groups in total. The van der Waals surface area contributed by atoms with Gasteiger partial charge < -0.3 is 19.1 Å². The van der Waals surface area contributed by atoms with Crippen LogP contribution >= 0.6 is 0 Å². The van der Waals surface area contributed by atoms with Crippen molar-refractivity contribution in [2.75, 3.05) is 38.2 Å². The molecule has 1 saturated heterocycles. The molecule has 7 nitrogen and oxygen atoms in total. The van der Waals surface area contributed by atoms with Crippen molar-refractivity contribution in [3.05, 3.63) is 60.2 Å². The number of amides is 1. The number of aromatic nitrogens is 2. The van der Waals surface area contributed by atoms with E-state index in [1.807, 2.05) is 29.2 Å². The monoisotopic (exact) mass is 410 g/mol. The molecule has 0 bridgehead atoms. The summed E-state index contributed by atoms with van der Waals surface area (Å²) in [6, 6.07) is 13.9. The van der Waals surface area contributed by atoms with Gasteiger partial charge in [0.2, 0.25) is 17.6 Å². The van der Waals surface area contributed by atoms with Crippen LogP contribution in [0.15, 0.2) is 53.1 Å². The minimum Gasteiger partial charge on any atom is -0.497 e. The fourth-order valence-electron chi connectivity index (χ4n) is 3.49. The molecule has 1 aromatic heterocycles. The van der Waals surface area contributed by atoms with E-state index in [9.17, 15) is 9.18 Å². The van der Waals surface area contributed by atoms with Gasteiger partial charge in [-0.15, -0.1) is 0 Å². The number of ether oxygens (including phenoxy) is 1. The van der Waals surface area contributed by atoms with Crippen LogP contribution in [-0.2, 0) is 11.2 Å². The number of hydrogen-bond acceptors (Lipinski definition) is 6. The predicted molar refractivity (Wildman–Crippen MR) is 110 cm³/mol. The topological polar surface area (TPSA) is 71.7 Å². The summed E-state index contributed by atoms with van der Waals surface area (Å²) in [5.74, 6) is 1.22. The Bertz CT molecular complexity index is 1010. The molecule has 4 rings (SSSR count). The minimum atomic E-state index is -0.359. The molecule has 0 saturated carbocycles. The Morgan fingerprint density at radius 3 is 2.70 bits per heavy atom. The quantitative estimate of drug-likeness (QED) is 0.622. The molecular formula is C22H23FN4O3. The molecular weight excluding hydrogens is 387 g/mol. The van der Waals surface area contributed by atoms with Crippen LogP contribution in [0.5, 0.6) is 5.75 Å². The van der Waals surface area contributed by atoms with Gasteiger partial charge in [-0.2, -0.15) is 4.98 Å². The highest BCUT2D eigenvalue weighted by Crippen LogP contribution is 2.22. The number of anilines is 1. The number of rotatable bonds is 6. The predicted octanol–water partition coefficient (Wildman–Crippen LogP) is 3.17. The van der Waals surface area contributed by atoms with Crippen LogP contribution in [0.1, 0.15) is 12.3 Å². The summed E-state index contributed by atoms with van der Waals surface area (Å²) in [7, 11) is 1.65. The van der Waals surface area contributed by atoms with Crippen molar-refractivity contribution < 1.29 is 18.4 Å². The lowest BCUT2D eigenvalue weighted by Gasteiger charge is -2.36. The van der Waals surface area contributed by atoms with Gasteiger partial charge in [0.25, 0.3) is 0 Å².